The summed E-state index contributed by atoms with van der Waals surface area (Å²) in [5, 5.41) is 2.84. The molecule has 5 heteroatoms. The minimum atomic E-state index is -4.36. The third kappa shape index (κ3) is 4.22. The molecule has 1 aliphatic rings. The van der Waals surface area contributed by atoms with Crippen molar-refractivity contribution < 1.29 is 18.0 Å². The Morgan fingerprint density at radius 2 is 1.90 bits per heavy atom. The van der Waals surface area contributed by atoms with Crippen LogP contribution in [0.1, 0.15) is 56.2 Å². The summed E-state index contributed by atoms with van der Waals surface area (Å²) in [6.45, 7) is 1.72. The van der Waals surface area contributed by atoms with Gasteiger partial charge in [0, 0.05) is 5.92 Å². The lowest BCUT2D eigenvalue weighted by Gasteiger charge is -2.23. The van der Waals surface area contributed by atoms with E-state index in [4.69, 9.17) is 0 Å². The highest BCUT2D eigenvalue weighted by Gasteiger charge is 2.31. The lowest BCUT2D eigenvalue weighted by atomic mass is 9.88. The molecule has 0 aromatic heterocycles. The lowest BCUT2D eigenvalue weighted by molar-refractivity contribution is -0.137. The normalized spacial score (nSPS) is 18.3. The van der Waals surface area contributed by atoms with E-state index in [9.17, 15) is 18.0 Å². The van der Waals surface area contributed by atoms with Gasteiger partial charge in [-0.3, -0.25) is 4.79 Å². The molecule has 21 heavy (non-hydrogen) atoms. The summed E-state index contributed by atoms with van der Waals surface area (Å²) in [6.07, 6.45) is 0.657. The third-order valence-electron chi connectivity index (χ3n) is 4.05. The van der Waals surface area contributed by atoms with E-state index in [2.05, 4.69) is 5.32 Å². The Hall–Kier alpha value is -1.52. The topological polar surface area (TPSA) is 29.1 Å². The molecular weight excluding hydrogens is 279 g/mol. The number of carbonyl (C=O) groups excluding carboxylic acids is 1. The van der Waals surface area contributed by atoms with Crippen molar-refractivity contribution in [2.75, 3.05) is 0 Å². The number of carbonyl (C=O) groups is 1. The van der Waals surface area contributed by atoms with Crippen LogP contribution < -0.4 is 5.32 Å². The van der Waals surface area contributed by atoms with Crippen LogP contribution >= 0.6 is 0 Å². The van der Waals surface area contributed by atoms with Crippen molar-refractivity contribution >= 4 is 5.91 Å². The maximum atomic E-state index is 12.7. The molecule has 1 aliphatic carbocycles. The fraction of sp³-hybridized carbons (Fsp3) is 0.562. The molecule has 0 radical (unpaired) electrons. The SMILES string of the molecule is CC(NC(=O)C1CCCCC1)c1cccc(C(F)(F)F)c1. The molecule has 2 rings (SSSR count). The van der Waals surface area contributed by atoms with Gasteiger partial charge in [0.05, 0.1) is 11.6 Å². The van der Waals surface area contributed by atoms with E-state index in [1.807, 2.05) is 0 Å². The smallest absolute Gasteiger partial charge is 0.349 e. The highest BCUT2D eigenvalue weighted by atomic mass is 19.4. The number of nitrogens with one attached hydrogen (secondary N) is 1. The summed E-state index contributed by atoms with van der Waals surface area (Å²) in [6, 6.07) is 4.72. The first kappa shape index (κ1) is 15.9. The molecule has 1 unspecified atom stereocenters. The van der Waals surface area contributed by atoms with Crippen LogP contribution in [0.3, 0.4) is 0 Å². The molecule has 0 heterocycles. The Balaban J connectivity index is 2.02. The number of hydrogen-bond donors (Lipinski definition) is 1. The Bertz CT molecular complexity index is 493. The summed E-state index contributed by atoms with van der Waals surface area (Å²) in [7, 11) is 0. The summed E-state index contributed by atoms with van der Waals surface area (Å²) in [5.41, 5.74) is -0.201. The third-order valence-corrected chi connectivity index (χ3v) is 4.05. The molecule has 0 aliphatic heterocycles. The van der Waals surface area contributed by atoms with Gasteiger partial charge in [-0.05, 0) is 37.5 Å². The summed E-state index contributed by atoms with van der Waals surface area (Å²) in [4.78, 5) is 12.1. The minimum absolute atomic E-state index is 0.00648. The number of halogens is 3. The van der Waals surface area contributed by atoms with Crippen molar-refractivity contribution in [3.63, 3.8) is 0 Å². The Morgan fingerprint density at radius 1 is 1.24 bits per heavy atom. The largest absolute Gasteiger partial charge is 0.416 e. The zero-order valence-corrected chi connectivity index (χ0v) is 12.0. The summed E-state index contributed by atoms with van der Waals surface area (Å²) >= 11 is 0. The molecule has 0 bridgehead atoms. The Labute approximate surface area is 122 Å². The molecule has 116 valence electrons. The number of alkyl halides is 3. The first-order valence-corrected chi connectivity index (χ1v) is 7.35. The van der Waals surface area contributed by atoms with Gasteiger partial charge in [-0.2, -0.15) is 13.2 Å². The van der Waals surface area contributed by atoms with E-state index in [0.717, 1.165) is 44.2 Å². The molecule has 0 saturated heterocycles. The molecule has 1 aromatic carbocycles. The number of amides is 1. The molecule has 2 nitrogen and oxygen atoms in total. The van der Waals surface area contributed by atoms with Crippen molar-refractivity contribution in [2.24, 2.45) is 5.92 Å². The van der Waals surface area contributed by atoms with E-state index < -0.39 is 17.8 Å². The summed E-state index contributed by atoms with van der Waals surface area (Å²) < 4.78 is 38.1. The first-order chi connectivity index (χ1) is 9.88. The molecule has 1 atom stereocenters. The van der Waals surface area contributed by atoms with Crippen LogP contribution in [-0.2, 0) is 11.0 Å². The van der Waals surface area contributed by atoms with Crippen molar-refractivity contribution in [1.82, 2.24) is 5.32 Å². The van der Waals surface area contributed by atoms with E-state index in [-0.39, 0.29) is 11.8 Å². The highest BCUT2D eigenvalue weighted by molar-refractivity contribution is 5.79. The van der Waals surface area contributed by atoms with Crippen molar-refractivity contribution in [3.8, 4) is 0 Å². The second-order valence-corrected chi connectivity index (χ2v) is 5.69. The second kappa shape index (κ2) is 6.50. The highest BCUT2D eigenvalue weighted by Crippen LogP contribution is 2.31. The zero-order chi connectivity index (χ0) is 15.5. The van der Waals surface area contributed by atoms with E-state index >= 15 is 0 Å². The van der Waals surface area contributed by atoms with Gasteiger partial charge >= 0.3 is 6.18 Å². The average Bonchev–Trinajstić information content (AvgIpc) is 2.47. The van der Waals surface area contributed by atoms with E-state index in [1.165, 1.54) is 6.07 Å². The number of benzene rings is 1. The molecule has 1 N–H and O–H groups in total. The van der Waals surface area contributed by atoms with Crippen molar-refractivity contribution in [3.05, 3.63) is 35.4 Å². The van der Waals surface area contributed by atoms with Crippen molar-refractivity contribution in [2.45, 2.75) is 51.2 Å². The second-order valence-electron chi connectivity index (χ2n) is 5.69. The van der Waals surface area contributed by atoms with Gasteiger partial charge in [-0.25, -0.2) is 0 Å². The number of rotatable bonds is 3. The summed E-state index contributed by atoms with van der Waals surface area (Å²) in [5.74, 6) is -0.0355. The van der Waals surface area contributed by atoms with Gasteiger partial charge in [0.25, 0.3) is 0 Å². The van der Waals surface area contributed by atoms with Crippen LogP contribution in [0.15, 0.2) is 24.3 Å². The van der Waals surface area contributed by atoms with Gasteiger partial charge in [0.15, 0.2) is 0 Å². The van der Waals surface area contributed by atoms with Crippen LogP contribution in [0.4, 0.5) is 13.2 Å². The van der Waals surface area contributed by atoms with Gasteiger partial charge in [0.1, 0.15) is 0 Å². The van der Waals surface area contributed by atoms with Crippen LogP contribution in [0.2, 0.25) is 0 Å². The quantitative estimate of drug-likeness (QED) is 0.877. The average molecular weight is 299 g/mol. The fourth-order valence-electron chi connectivity index (χ4n) is 2.76. The van der Waals surface area contributed by atoms with Crippen LogP contribution in [0.5, 0.6) is 0 Å². The standard InChI is InChI=1S/C16H20F3NO/c1-11(20-15(21)12-6-3-2-4-7-12)13-8-5-9-14(10-13)16(17,18)19/h5,8-12H,2-4,6-7H2,1H3,(H,20,21). The van der Waals surface area contributed by atoms with Gasteiger partial charge < -0.3 is 5.32 Å². The van der Waals surface area contributed by atoms with E-state index in [1.54, 1.807) is 13.0 Å². The zero-order valence-electron chi connectivity index (χ0n) is 12.0. The predicted molar refractivity (Wildman–Crippen MR) is 74.6 cm³/mol. The van der Waals surface area contributed by atoms with E-state index in [0.29, 0.717) is 5.56 Å². The number of hydrogen-bond acceptors (Lipinski definition) is 1. The van der Waals surface area contributed by atoms with Gasteiger partial charge in [-0.1, -0.05) is 31.4 Å². The van der Waals surface area contributed by atoms with Gasteiger partial charge in [-0.15, -0.1) is 0 Å². The molecule has 1 aromatic rings. The first-order valence-electron chi connectivity index (χ1n) is 7.35. The van der Waals surface area contributed by atoms with Crippen molar-refractivity contribution in [1.29, 1.82) is 0 Å². The maximum absolute atomic E-state index is 12.7. The molecule has 1 fully saturated rings. The molecule has 1 amide bonds. The molecule has 1 saturated carbocycles. The lowest BCUT2D eigenvalue weighted by Crippen LogP contribution is -2.33. The fourth-order valence-corrected chi connectivity index (χ4v) is 2.76. The molecule has 0 spiro atoms. The Morgan fingerprint density at radius 3 is 2.52 bits per heavy atom. The van der Waals surface area contributed by atoms with Crippen LogP contribution in [0.25, 0.3) is 0 Å². The van der Waals surface area contributed by atoms with Crippen LogP contribution in [-0.4, -0.2) is 5.91 Å². The predicted octanol–water partition coefficient (Wildman–Crippen LogP) is 4.46. The van der Waals surface area contributed by atoms with Crippen LogP contribution in [0, 0.1) is 5.92 Å². The Kier molecular flexibility index (Phi) is 4.91. The maximum Gasteiger partial charge on any atom is 0.416 e. The van der Waals surface area contributed by atoms with Gasteiger partial charge in [0.2, 0.25) is 5.91 Å². The minimum Gasteiger partial charge on any atom is -0.349 e. The molecular formula is C16H20F3NO. The monoisotopic (exact) mass is 299 g/mol.